The average molecular weight is 517 g/mol. The number of H-pyrrole nitrogens is 1. The molecule has 34 heavy (non-hydrogen) atoms. The van der Waals surface area contributed by atoms with Gasteiger partial charge in [-0.25, -0.2) is 13.4 Å². The Kier molecular flexibility index (Phi) is 6.76. The molecule has 7 nitrogen and oxygen atoms in total. The highest BCUT2D eigenvalue weighted by molar-refractivity contribution is 7.94. The van der Waals surface area contributed by atoms with Gasteiger partial charge in [0.05, 0.1) is 23.5 Å². The number of thiazole rings is 1. The molecule has 1 fully saturated rings. The molecule has 0 bridgehead atoms. The van der Waals surface area contributed by atoms with Crippen molar-refractivity contribution in [3.63, 3.8) is 0 Å². The summed E-state index contributed by atoms with van der Waals surface area (Å²) in [5, 5.41) is 3.65. The largest absolute Gasteiger partial charge is 0.383 e. The topological polar surface area (TPSA) is 78.5 Å². The number of methoxy groups -OCH3 is 1. The molecule has 1 aromatic carbocycles. The van der Waals surface area contributed by atoms with Crippen LogP contribution in [0.3, 0.4) is 0 Å². The van der Waals surface area contributed by atoms with Crippen LogP contribution in [-0.4, -0.2) is 56.1 Å². The van der Waals surface area contributed by atoms with Crippen molar-refractivity contribution in [2.24, 2.45) is 0 Å². The van der Waals surface area contributed by atoms with E-state index in [1.807, 2.05) is 31.3 Å². The van der Waals surface area contributed by atoms with Crippen molar-refractivity contribution in [2.75, 3.05) is 31.1 Å². The Morgan fingerprint density at radius 1 is 1.29 bits per heavy atom. The summed E-state index contributed by atoms with van der Waals surface area (Å²) in [5.74, 6) is 0. The molecule has 0 spiro atoms. The van der Waals surface area contributed by atoms with Crippen LogP contribution >= 0.6 is 22.7 Å². The van der Waals surface area contributed by atoms with Gasteiger partial charge in [-0.3, -0.25) is 9.21 Å². The van der Waals surface area contributed by atoms with Gasteiger partial charge in [-0.05, 0) is 49.9 Å². The minimum absolute atomic E-state index is 0.341. The number of hydrogen-bond acceptors (Lipinski definition) is 7. The van der Waals surface area contributed by atoms with Crippen LogP contribution in [0.2, 0.25) is 0 Å². The van der Waals surface area contributed by atoms with E-state index in [0.29, 0.717) is 22.5 Å². The van der Waals surface area contributed by atoms with E-state index in [4.69, 9.17) is 4.74 Å². The van der Waals surface area contributed by atoms with Gasteiger partial charge in [0.1, 0.15) is 9.22 Å². The van der Waals surface area contributed by atoms with Gasteiger partial charge in [0.2, 0.25) is 0 Å². The number of benzene rings is 1. The summed E-state index contributed by atoms with van der Waals surface area (Å²) in [6, 6.07) is 11.7. The second kappa shape index (κ2) is 9.79. The first kappa shape index (κ1) is 23.5. The monoisotopic (exact) mass is 516 g/mol. The molecule has 0 saturated carbocycles. The van der Waals surface area contributed by atoms with E-state index in [-0.39, 0.29) is 0 Å². The van der Waals surface area contributed by atoms with E-state index in [1.165, 1.54) is 33.4 Å². The number of hydrogen-bond donors (Lipinski definition) is 1. The van der Waals surface area contributed by atoms with E-state index in [2.05, 4.69) is 20.9 Å². The molecule has 1 saturated heterocycles. The lowest BCUT2D eigenvalue weighted by Gasteiger charge is -2.22. The van der Waals surface area contributed by atoms with Crippen molar-refractivity contribution in [1.29, 1.82) is 0 Å². The Labute approximate surface area is 208 Å². The maximum absolute atomic E-state index is 13.3. The van der Waals surface area contributed by atoms with Crippen LogP contribution < -0.4 is 4.31 Å². The molecular weight excluding hydrogens is 488 g/mol. The molecule has 1 aliphatic rings. The van der Waals surface area contributed by atoms with Crippen molar-refractivity contribution in [2.45, 2.75) is 36.6 Å². The lowest BCUT2D eigenvalue weighted by molar-refractivity contribution is 0.112. The molecule has 1 aliphatic heterocycles. The zero-order valence-electron chi connectivity index (χ0n) is 19.2. The second-order valence-corrected chi connectivity index (χ2v) is 12.5. The van der Waals surface area contributed by atoms with Crippen molar-refractivity contribution in [1.82, 2.24) is 14.9 Å². The molecule has 0 aliphatic carbocycles. The van der Waals surface area contributed by atoms with Crippen LogP contribution in [-0.2, 0) is 21.3 Å². The molecular formula is C24H28N4O3S3. The number of aromatic nitrogens is 2. The van der Waals surface area contributed by atoms with Crippen LogP contribution in [0.4, 0.5) is 5.69 Å². The summed E-state index contributed by atoms with van der Waals surface area (Å²) in [6.07, 6.45) is 4.33. The number of aromatic amines is 1. The molecule has 4 heterocycles. The van der Waals surface area contributed by atoms with Gasteiger partial charge in [-0.1, -0.05) is 18.2 Å². The van der Waals surface area contributed by atoms with Gasteiger partial charge in [0, 0.05) is 42.7 Å². The predicted molar refractivity (Wildman–Crippen MR) is 139 cm³/mol. The maximum Gasteiger partial charge on any atom is 0.273 e. The number of para-hydroxylation sites is 1. The standard InChI is InChI=1S/C24H28N4O3S3/c1-3-28(34(29,30)22-10-6-12-32-22)21-9-4-7-17-13-20(26-23(17)21)24-25-14-19(33-24)15-27-11-5-8-18(27)16-31-2/h4,6-7,9-10,12-14,18,26H,3,5,8,11,15-16H2,1-2H3. The third-order valence-corrected chi connectivity index (χ3v) is 10.5. The Hall–Kier alpha value is -2.24. The highest BCUT2D eigenvalue weighted by atomic mass is 32.2. The molecule has 1 unspecified atom stereocenters. The van der Waals surface area contributed by atoms with Crippen molar-refractivity contribution in [3.05, 3.63) is 52.9 Å². The van der Waals surface area contributed by atoms with Gasteiger partial charge in [-0.2, -0.15) is 0 Å². The van der Waals surface area contributed by atoms with Gasteiger partial charge in [0.25, 0.3) is 10.0 Å². The normalized spacial score (nSPS) is 17.1. The Morgan fingerprint density at radius 2 is 2.18 bits per heavy atom. The Morgan fingerprint density at radius 3 is 2.94 bits per heavy atom. The van der Waals surface area contributed by atoms with Gasteiger partial charge >= 0.3 is 0 Å². The molecule has 4 aromatic rings. The van der Waals surface area contributed by atoms with Crippen molar-refractivity contribution >= 4 is 49.3 Å². The summed E-state index contributed by atoms with van der Waals surface area (Å²) in [4.78, 5) is 11.8. The fraction of sp³-hybridized carbons (Fsp3) is 0.375. The van der Waals surface area contributed by atoms with Crippen LogP contribution in [0.1, 0.15) is 24.6 Å². The number of thiophene rings is 1. The number of ether oxygens (including phenoxy) is 1. The van der Waals surface area contributed by atoms with Crippen LogP contribution in [0, 0.1) is 0 Å². The third kappa shape index (κ3) is 4.40. The van der Waals surface area contributed by atoms with Crippen LogP contribution in [0.5, 0.6) is 0 Å². The molecule has 180 valence electrons. The molecule has 5 rings (SSSR count). The number of nitrogens with zero attached hydrogens (tertiary/aromatic N) is 3. The highest BCUT2D eigenvalue weighted by Gasteiger charge is 2.27. The number of nitrogens with one attached hydrogen (secondary N) is 1. The molecule has 0 amide bonds. The summed E-state index contributed by atoms with van der Waals surface area (Å²) in [6.45, 7) is 4.92. The minimum atomic E-state index is -3.62. The van der Waals surface area contributed by atoms with Crippen molar-refractivity contribution < 1.29 is 13.2 Å². The molecule has 1 N–H and O–H groups in total. The van der Waals surface area contributed by atoms with E-state index in [0.717, 1.165) is 41.3 Å². The van der Waals surface area contributed by atoms with Gasteiger partial charge in [-0.15, -0.1) is 22.7 Å². The maximum atomic E-state index is 13.3. The molecule has 10 heteroatoms. The number of sulfonamides is 1. The molecule has 3 aromatic heterocycles. The van der Waals surface area contributed by atoms with E-state index in [1.54, 1.807) is 36.0 Å². The first-order valence-electron chi connectivity index (χ1n) is 11.4. The van der Waals surface area contributed by atoms with Gasteiger partial charge < -0.3 is 9.72 Å². The van der Waals surface area contributed by atoms with Gasteiger partial charge in [0.15, 0.2) is 0 Å². The Balaban J connectivity index is 1.44. The van der Waals surface area contributed by atoms with E-state index < -0.39 is 10.0 Å². The zero-order valence-corrected chi connectivity index (χ0v) is 21.7. The first-order chi connectivity index (χ1) is 16.5. The molecule has 1 atom stereocenters. The SMILES string of the molecule is CCN(c1cccc2cc(-c3ncc(CN4CCCC4COC)s3)[nH]c12)S(=O)(=O)c1cccs1. The summed E-state index contributed by atoms with van der Waals surface area (Å²) in [7, 11) is -1.86. The fourth-order valence-electron chi connectivity index (χ4n) is 4.64. The molecule has 0 radical (unpaired) electrons. The summed E-state index contributed by atoms with van der Waals surface area (Å²) in [5.41, 5.74) is 2.35. The first-order valence-corrected chi connectivity index (χ1v) is 14.5. The van der Waals surface area contributed by atoms with E-state index in [9.17, 15) is 8.42 Å². The highest BCUT2D eigenvalue weighted by Crippen LogP contribution is 2.35. The number of fused-ring (bicyclic) bond motifs is 1. The Bertz CT molecular complexity index is 1360. The predicted octanol–water partition coefficient (Wildman–Crippen LogP) is 5.18. The van der Waals surface area contributed by atoms with Crippen LogP contribution in [0.15, 0.2) is 52.2 Å². The third-order valence-electron chi connectivity index (χ3n) is 6.23. The van der Waals surface area contributed by atoms with Crippen molar-refractivity contribution in [3.8, 4) is 10.7 Å². The number of likely N-dealkylation sites (tertiary alicyclic amines) is 1. The second-order valence-electron chi connectivity index (χ2n) is 8.38. The zero-order chi connectivity index (χ0) is 23.7. The number of rotatable bonds is 9. The minimum Gasteiger partial charge on any atom is -0.383 e. The lowest BCUT2D eigenvalue weighted by atomic mass is 10.2. The lowest BCUT2D eigenvalue weighted by Crippen LogP contribution is -2.32. The van der Waals surface area contributed by atoms with Crippen LogP contribution in [0.25, 0.3) is 21.6 Å². The number of anilines is 1. The summed E-state index contributed by atoms with van der Waals surface area (Å²) >= 11 is 2.91. The quantitative estimate of drug-likeness (QED) is 0.332. The van der Waals surface area contributed by atoms with E-state index >= 15 is 0 Å². The fourth-order valence-corrected chi connectivity index (χ4v) is 8.14. The average Bonchev–Trinajstić information content (AvgIpc) is 3.62. The summed E-state index contributed by atoms with van der Waals surface area (Å²) < 4.78 is 33.8. The smallest absolute Gasteiger partial charge is 0.273 e.